The average Bonchev–Trinajstić information content (AvgIpc) is 2.64. The Morgan fingerprint density at radius 3 is 2.46 bits per heavy atom. The molecular weight excluding hydrogens is 328 g/mol. The molecule has 3 rings (SSSR count). The summed E-state index contributed by atoms with van der Waals surface area (Å²) < 4.78 is 5.42. The number of amides is 1. The highest BCUT2D eigenvalue weighted by Crippen LogP contribution is 2.29. The normalized spacial score (nSPS) is 14.9. The maximum atomic E-state index is 12.7. The Morgan fingerprint density at radius 1 is 1.12 bits per heavy atom. The number of benzene rings is 2. The van der Waals surface area contributed by atoms with Gasteiger partial charge in [0.05, 0.1) is 18.0 Å². The molecule has 1 saturated heterocycles. The molecule has 1 aliphatic heterocycles. The molecule has 1 amide bonds. The summed E-state index contributed by atoms with van der Waals surface area (Å²) in [6.45, 7) is 6.37. The quantitative estimate of drug-likeness (QED) is 0.808. The Bertz CT molecular complexity index is 753. The van der Waals surface area contributed by atoms with Gasteiger partial charge in [0.1, 0.15) is 5.75 Å². The molecule has 0 bridgehead atoms. The summed E-state index contributed by atoms with van der Waals surface area (Å²) in [4.78, 5) is 17.2. The Balaban J connectivity index is 1.77. The molecule has 6 nitrogen and oxygen atoms in total. The fourth-order valence-corrected chi connectivity index (χ4v) is 3.04. The molecule has 6 heteroatoms. The average molecular weight is 354 g/mol. The van der Waals surface area contributed by atoms with E-state index in [0.29, 0.717) is 17.9 Å². The molecule has 1 fully saturated rings. The number of ether oxygens (including phenoxy) is 1. The zero-order valence-corrected chi connectivity index (χ0v) is 15.4. The molecule has 1 heterocycles. The Morgan fingerprint density at radius 2 is 1.81 bits per heavy atom. The third kappa shape index (κ3) is 4.26. The fraction of sp³-hybridized carbons (Fsp3) is 0.350. The summed E-state index contributed by atoms with van der Waals surface area (Å²) in [5.74, 6) is 0.597. The smallest absolute Gasteiger partial charge is 0.255 e. The van der Waals surface area contributed by atoms with Gasteiger partial charge < -0.3 is 25.6 Å². The molecule has 0 unspecified atom stereocenters. The van der Waals surface area contributed by atoms with Gasteiger partial charge in [0, 0.05) is 37.4 Å². The lowest BCUT2D eigenvalue weighted by Crippen LogP contribution is -2.44. The molecule has 0 atom stereocenters. The Kier molecular flexibility index (Phi) is 5.63. The SMILES string of the molecule is CCOc1ccc(C(=O)Nc2cc(N)ccc2N2CCN(C)CC2)cc1. The molecule has 0 spiro atoms. The molecule has 2 aromatic rings. The van der Waals surface area contributed by atoms with E-state index in [4.69, 9.17) is 10.5 Å². The van der Waals surface area contributed by atoms with E-state index in [2.05, 4.69) is 22.2 Å². The van der Waals surface area contributed by atoms with Crippen molar-refractivity contribution in [2.24, 2.45) is 0 Å². The number of nitrogens with two attached hydrogens (primary N) is 1. The zero-order chi connectivity index (χ0) is 18.5. The molecule has 0 saturated carbocycles. The number of piperazine rings is 1. The molecule has 0 aromatic heterocycles. The van der Waals surface area contributed by atoms with Crippen molar-refractivity contribution < 1.29 is 9.53 Å². The van der Waals surface area contributed by atoms with Crippen molar-refractivity contribution in [2.45, 2.75) is 6.92 Å². The maximum absolute atomic E-state index is 12.7. The number of rotatable bonds is 5. The number of carbonyl (C=O) groups excluding carboxylic acids is 1. The van der Waals surface area contributed by atoms with Crippen LogP contribution in [0.2, 0.25) is 0 Å². The van der Waals surface area contributed by atoms with E-state index in [-0.39, 0.29) is 5.91 Å². The van der Waals surface area contributed by atoms with Crippen LogP contribution in [0.4, 0.5) is 17.1 Å². The van der Waals surface area contributed by atoms with Gasteiger partial charge in [-0.2, -0.15) is 0 Å². The first-order chi connectivity index (χ1) is 12.6. The van der Waals surface area contributed by atoms with Crippen LogP contribution in [0.25, 0.3) is 0 Å². The predicted molar refractivity (Wildman–Crippen MR) is 106 cm³/mol. The monoisotopic (exact) mass is 354 g/mol. The summed E-state index contributed by atoms with van der Waals surface area (Å²) in [7, 11) is 2.12. The minimum Gasteiger partial charge on any atom is -0.494 e. The minimum absolute atomic E-state index is 0.158. The number of carbonyl (C=O) groups is 1. The van der Waals surface area contributed by atoms with Gasteiger partial charge in [-0.3, -0.25) is 4.79 Å². The summed E-state index contributed by atoms with van der Waals surface area (Å²) in [6.07, 6.45) is 0. The van der Waals surface area contributed by atoms with Crippen LogP contribution in [0, 0.1) is 0 Å². The maximum Gasteiger partial charge on any atom is 0.255 e. The van der Waals surface area contributed by atoms with Crippen molar-refractivity contribution in [3.8, 4) is 5.75 Å². The highest BCUT2D eigenvalue weighted by molar-refractivity contribution is 6.06. The van der Waals surface area contributed by atoms with Crippen molar-refractivity contribution >= 4 is 23.0 Å². The lowest BCUT2D eigenvalue weighted by Gasteiger charge is -2.35. The van der Waals surface area contributed by atoms with E-state index in [1.54, 1.807) is 24.3 Å². The molecule has 1 aliphatic rings. The standard InChI is InChI=1S/C20H26N4O2/c1-3-26-17-7-4-15(5-8-17)20(25)22-18-14-16(21)6-9-19(18)24-12-10-23(2)11-13-24/h4-9,14H,3,10-13,21H2,1-2H3,(H,22,25). The van der Waals surface area contributed by atoms with Crippen molar-refractivity contribution in [2.75, 3.05) is 55.8 Å². The van der Waals surface area contributed by atoms with Gasteiger partial charge in [0.25, 0.3) is 5.91 Å². The second-order valence-electron chi connectivity index (χ2n) is 6.48. The van der Waals surface area contributed by atoms with E-state index in [1.807, 2.05) is 25.1 Å². The third-order valence-electron chi connectivity index (χ3n) is 4.54. The van der Waals surface area contributed by atoms with Crippen LogP contribution < -0.4 is 20.7 Å². The molecule has 26 heavy (non-hydrogen) atoms. The van der Waals surface area contributed by atoms with Crippen LogP contribution in [-0.2, 0) is 0 Å². The molecule has 138 valence electrons. The topological polar surface area (TPSA) is 70.8 Å². The highest BCUT2D eigenvalue weighted by atomic mass is 16.5. The van der Waals surface area contributed by atoms with Crippen molar-refractivity contribution in [1.29, 1.82) is 0 Å². The molecule has 0 aliphatic carbocycles. The second-order valence-corrected chi connectivity index (χ2v) is 6.48. The summed E-state index contributed by atoms with van der Waals surface area (Å²) >= 11 is 0. The van der Waals surface area contributed by atoms with E-state index in [0.717, 1.165) is 43.3 Å². The second kappa shape index (κ2) is 8.10. The number of nitrogens with one attached hydrogen (secondary N) is 1. The first kappa shape index (κ1) is 18.1. The van der Waals surface area contributed by atoms with Gasteiger partial charge in [0.2, 0.25) is 0 Å². The van der Waals surface area contributed by atoms with Crippen LogP contribution in [-0.4, -0.2) is 50.6 Å². The Labute approximate surface area is 154 Å². The van der Waals surface area contributed by atoms with Crippen molar-refractivity contribution in [3.63, 3.8) is 0 Å². The first-order valence-corrected chi connectivity index (χ1v) is 8.94. The largest absolute Gasteiger partial charge is 0.494 e. The first-order valence-electron chi connectivity index (χ1n) is 8.94. The van der Waals surface area contributed by atoms with E-state index in [1.165, 1.54) is 0 Å². The lowest BCUT2D eigenvalue weighted by molar-refractivity contribution is 0.102. The number of nitrogen functional groups attached to an aromatic ring is 1. The summed E-state index contributed by atoms with van der Waals surface area (Å²) in [5, 5.41) is 3.01. The minimum atomic E-state index is -0.158. The molecular formula is C20H26N4O2. The van der Waals surface area contributed by atoms with Crippen LogP contribution in [0.1, 0.15) is 17.3 Å². The van der Waals surface area contributed by atoms with Crippen molar-refractivity contribution in [1.82, 2.24) is 4.90 Å². The van der Waals surface area contributed by atoms with Gasteiger partial charge in [-0.1, -0.05) is 0 Å². The zero-order valence-electron chi connectivity index (χ0n) is 15.4. The molecule has 0 radical (unpaired) electrons. The van der Waals surface area contributed by atoms with Crippen LogP contribution in [0.3, 0.4) is 0 Å². The van der Waals surface area contributed by atoms with E-state index < -0.39 is 0 Å². The number of hydrogen-bond donors (Lipinski definition) is 2. The van der Waals surface area contributed by atoms with E-state index >= 15 is 0 Å². The molecule has 3 N–H and O–H groups in total. The third-order valence-corrected chi connectivity index (χ3v) is 4.54. The highest BCUT2D eigenvalue weighted by Gasteiger charge is 2.18. The van der Waals surface area contributed by atoms with Crippen LogP contribution in [0.15, 0.2) is 42.5 Å². The van der Waals surface area contributed by atoms with Gasteiger partial charge in [0.15, 0.2) is 0 Å². The van der Waals surface area contributed by atoms with Crippen LogP contribution in [0.5, 0.6) is 5.75 Å². The number of anilines is 3. The fourth-order valence-electron chi connectivity index (χ4n) is 3.04. The van der Waals surface area contributed by atoms with Gasteiger partial charge >= 0.3 is 0 Å². The number of nitrogens with zero attached hydrogens (tertiary/aromatic N) is 2. The van der Waals surface area contributed by atoms with E-state index in [9.17, 15) is 4.79 Å². The predicted octanol–water partition coefficient (Wildman–Crippen LogP) is 2.67. The van der Waals surface area contributed by atoms with Gasteiger partial charge in [-0.05, 0) is 56.4 Å². The molecule has 2 aromatic carbocycles. The van der Waals surface area contributed by atoms with Crippen LogP contribution >= 0.6 is 0 Å². The van der Waals surface area contributed by atoms with Crippen molar-refractivity contribution in [3.05, 3.63) is 48.0 Å². The van der Waals surface area contributed by atoms with Gasteiger partial charge in [-0.25, -0.2) is 0 Å². The Hall–Kier alpha value is -2.73. The summed E-state index contributed by atoms with van der Waals surface area (Å²) in [5.41, 5.74) is 8.92. The summed E-state index contributed by atoms with van der Waals surface area (Å²) in [6, 6.07) is 12.8. The van der Waals surface area contributed by atoms with Gasteiger partial charge in [-0.15, -0.1) is 0 Å². The lowest BCUT2D eigenvalue weighted by atomic mass is 10.1. The number of hydrogen-bond acceptors (Lipinski definition) is 5. The number of likely N-dealkylation sites (N-methyl/N-ethyl adjacent to an activating group) is 1.